The molecule has 21 heteroatoms. The molecule has 17 nitrogen and oxygen atoms in total. The van der Waals surface area contributed by atoms with Crippen LogP contribution in [0.1, 0.15) is 0 Å². The number of nitrogens with two attached hydrogens (primary N) is 2. The second kappa shape index (κ2) is 15.3. The summed E-state index contributed by atoms with van der Waals surface area (Å²) < 4.78 is 62.9. The number of nitrogens with zero attached hydrogens (tertiary/aromatic N) is 6. The van der Waals surface area contributed by atoms with E-state index in [0.717, 1.165) is 36.4 Å². The van der Waals surface area contributed by atoms with Gasteiger partial charge in [0.15, 0.2) is 0 Å². The van der Waals surface area contributed by atoms with Gasteiger partial charge in [0.2, 0.25) is 5.71 Å². The summed E-state index contributed by atoms with van der Waals surface area (Å²) in [6.07, 6.45) is 2.94. The van der Waals surface area contributed by atoms with E-state index in [9.17, 15) is 41.8 Å². The summed E-state index contributed by atoms with van der Waals surface area (Å²) in [7, 11) is -9.14. The maximum Gasteiger partial charge on any atom is 1.00 e. The Bertz CT molecular complexity index is 1950. The molecule has 0 spiro atoms. The molecular weight excluding hydrogens is 654 g/mol. The molecule has 0 amide bonds. The Morgan fingerprint density at radius 3 is 1.89 bits per heavy atom. The van der Waals surface area contributed by atoms with Crippen LogP contribution in [0.5, 0.6) is 5.75 Å². The molecule has 0 aliphatic heterocycles. The zero-order chi connectivity index (χ0) is 31.5. The number of nitrogen functional groups attached to an aromatic ring is 2. The minimum Gasteiger partial charge on any atom is -0.871 e. The average Bonchev–Trinajstić information content (AvgIpc) is 2.92. The predicted molar refractivity (Wildman–Crippen MR) is 155 cm³/mol. The van der Waals surface area contributed by atoms with Crippen molar-refractivity contribution >= 4 is 71.8 Å². The summed E-state index contributed by atoms with van der Waals surface area (Å²) in [6.45, 7) is 0. The molecule has 0 aromatic heterocycles. The maximum absolute atomic E-state index is 12.0. The number of anilines is 2. The van der Waals surface area contributed by atoms with E-state index in [0.29, 0.717) is 5.69 Å². The fourth-order valence-corrected chi connectivity index (χ4v) is 4.56. The first kappa shape index (κ1) is 37.8. The molecule has 3 aromatic carbocycles. The quantitative estimate of drug-likeness (QED) is 0.0279. The molecule has 1 aliphatic carbocycles. The topological polar surface area (TPSA) is 298 Å². The number of azo groups is 2. The summed E-state index contributed by atoms with van der Waals surface area (Å²) in [4.78, 5) is 2.19. The molecule has 0 saturated carbocycles. The Kier molecular flexibility index (Phi) is 12.9. The van der Waals surface area contributed by atoms with E-state index < -0.39 is 46.8 Å². The van der Waals surface area contributed by atoms with Crippen molar-refractivity contribution in [3.63, 3.8) is 0 Å². The SMILES string of the molecule is Nc1cc(N)c(N=Nc2cc(S(=O)(=O)O)ccc2[O-])cc1N=Nc1ccc(N=C2C=CC(=[N+]([O-])[O-])C=C2[S+](=O)(O)O)cc1.[Na+].[Na+]. The molecule has 7 N–H and O–H groups in total. The molecule has 222 valence electrons. The largest absolute Gasteiger partial charge is 1.00 e. The summed E-state index contributed by atoms with van der Waals surface area (Å²) in [5.41, 5.74) is 11.7. The van der Waals surface area contributed by atoms with Gasteiger partial charge in [-0.3, -0.25) is 4.55 Å². The Morgan fingerprint density at radius 2 is 1.33 bits per heavy atom. The van der Waals surface area contributed by atoms with Crippen molar-refractivity contribution < 1.29 is 95.4 Å². The number of benzene rings is 3. The first-order valence-electron chi connectivity index (χ1n) is 11.5. The second-order valence-corrected chi connectivity index (χ2v) is 11.4. The standard InChI is InChI=1S/C24H20N8O9S2.2Na/c25-17-11-18(26)21(30-31-22-10-16(42(36,37)38)6-8-23(22)33)12-20(17)29-28-14-3-1-13(2-4-14)27-19-7-5-15(32(34)35)9-24(19)43(39,40)41;;/h1-12H,(H8-,25,26,27,28,29,30,31,33,34,35,36,37,38,39,40,41);;/q;2*+1/p-1. The maximum atomic E-state index is 12.0. The van der Waals surface area contributed by atoms with E-state index in [2.05, 4.69) is 25.4 Å². The number of allylic oxidation sites excluding steroid dienone is 4. The molecular formula is C24H19N8Na2O9S2+. The summed E-state index contributed by atoms with van der Waals surface area (Å²) in [5.74, 6) is -0.661. The van der Waals surface area contributed by atoms with Crippen LogP contribution >= 0.6 is 0 Å². The van der Waals surface area contributed by atoms with Crippen LogP contribution in [0.3, 0.4) is 0 Å². The third-order valence-corrected chi connectivity index (χ3v) is 7.23. The normalized spacial score (nSPS) is 14.3. The second-order valence-electron chi connectivity index (χ2n) is 8.51. The molecule has 0 bridgehead atoms. The minimum absolute atomic E-state index is 0. The molecule has 3 aromatic rings. The third-order valence-electron chi connectivity index (χ3n) is 5.48. The van der Waals surface area contributed by atoms with Crippen LogP contribution in [0.25, 0.3) is 0 Å². The van der Waals surface area contributed by atoms with Crippen LogP contribution in [0.4, 0.5) is 39.8 Å². The number of rotatable bonds is 7. The van der Waals surface area contributed by atoms with Crippen molar-refractivity contribution in [2.45, 2.75) is 4.90 Å². The molecule has 0 unspecified atom stereocenters. The number of hydrogen-bond acceptors (Lipinski definition) is 13. The van der Waals surface area contributed by atoms with Gasteiger partial charge in [0.25, 0.3) is 15.0 Å². The van der Waals surface area contributed by atoms with Crippen LogP contribution in [-0.4, -0.2) is 38.4 Å². The molecule has 0 heterocycles. The van der Waals surface area contributed by atoms with Gasteiger partial charge < -0.3 is 27.0 Å². The molecule has 0 radical (unpaired) electrons. The van der Waals surface area contributed by atoms with Crippen LogP contribution in [0, 0.1) is 10.4 Å². The fourth-order valence-electron chi connectivity index (χ4n) is 3.39. The smallest absolute Gasteiger partial charge is 0.871 e. The van der Waals surface area contributed by atoms with E-state index in [1.54, 1.807) is 0 Å². The van der Waals surface area contributed by atoms with Crippen LogP contribution in [-0.2, 0) is 24.8 Å². The Hall–Kier alpha value is -3.34. The Morgan fingerprint density at radius 1 is 0.778 bits per heavy atom. The zero-order valence-corrected chi connectivity index (χ0v) is 29.0. The van der Waals surface area contributed by atoms with Crippen LogP contribution in [0.2, 0.25) is 0 Å². The first-order valence-corrected chi connectivity index (χ1v) is 14.4. The van der Waals surface area contributed by atoms with Gasteiger partial charge in [-0.25, -0.2) is 4.99 Å². The Balaban J connectivity index is 0.00000353. The van der Waals surface area contributed by atoms with Gasteiger partial charge >= 0.3 is 69.6 Å². The van der Waals surface area contributed by atoms with Crippen molar-refractivity contribution in [1.82, 2.24) is 0 Å². The summed E-state index contributed by atoms with van der Waals surface area (Å²) in [5, 5.41) is 49.7. The van der Waals surface area contributed by atoms with Crippen molar-refractivity contribution in [1.29, 1.82) is 0 Å². The van der Waals surface area contributed by atoms with Crippen molar-refractivity contribution in [2.75, 3.05) is 11.5 Å². The molecule has 45 heavy (non-hydrogen) atoms. The van der Waals surface area contributed by atoms with Gasteiger partial charge in [-0.05, 0) is 58.8 Å². The monoisotopic (exact) mass is 673 g/mol. The van der Waals surface area contributed by atoms with Gasteiger partial charge in [0.1, 0.15) is 17.1 Å². The van der Waals surface area contributed by atoms with Crippen molar-refractivity contribution in [2.24, 2.45) is 25.4 Å². The van der Waals surface area contributed by atoms with Gasteiger partial charge in [0.05, 0.1) is 39.4 Å². The third kappa shape index (κ3) is 9.82. The van der Waals surface area contributed by atoms with Gasteiger partial charge in [-0.1, -0.05) is 11.8 Å². The van der Waals surface area contributed by atoms with Gasteiger partial charge in [-0.15, -0.1) is 10.2 Å². The zero-order valence-electron chi connectivity index (χ0n) is 23.4. The van der Waals surface area contributed by atoms with Crippen LogP contribution in [0.15, 0.2) is 108 Å². The van der Waals surface area contributed by atoms with Gasteiger partial charge in [0, 0.05) is 6.08 Å². The minimum atomic E-state index is -4.58. The number of aliphatic imine (C=N–C) groups is 1. The molecule has 4 rings (SSSR count). The predicted octanol–water partition coefficient (Wildman–Crippen LogP) is -1.57. The molecule has 0 fully saturated rings. The molecule has 1 aliphatic rings. The average molecular weight is 674 g/mol. The molecule has 0 atom stereocenters. The van der Waals surface area contributed by atoms with Gasteiger partial charge in [-0.2, -0.15) is 32.7 Å². The summed E-state index contributed by atoms with van der Waals surface area (Å²) in [6, 6.07) is 11.2. The van der Waals surface area contributed by atoms with E-state index in [1.807, 2.05) is 0 Å². The molecule has 0 saturated heterocycles. The first-order chi connectivity index (χ1) is 20.1. The van der Waals surface area contributed by atoms with Crippen LogP contribution < -0.4 is 75.7 Å². The van der Waals surface area contributed by atoms with Crippen molar-refractivity contribution in [3.8, 4) is 5.75 Å². The van der Waals surface area contributed by atoms with E-state index in [1.165, 1.54) is 36.4 Å². The number of hydrogen-bond donors (Lipinski definition) is 5. The van der Waals surface area contributed by atoms with E-state index in [4.69, 9.17) is 11.5 Å². The van der Waals surface area contributed by atoms with E-state index in [-0.39, 0.29) is 99.0 Å². The van der Waals surface area contributed by atoms with E-state index >= 15 is 0 Å². The fraction of sp³-hybridized carbons (Fsp3) is 0. The van der Waals surface area contributed by atoms with Crippen molar-refractivity contribution in [3.05, 3.63) is 88.1 Å². The Labute approximate surface area is 300 Å². The summed E-state index contributed by atoms with van der Waals surface area (Å²) >= 11 is 0.